The minimum atomic E-state index is -0.301. The van der Waals surface area contributed by atoms with E-state index in [9.17, 15) is 4.79 Å². The Balaban J connectivity index is 2.31. The highest BCUT2D eigenvalue weighted by Gasteiger charge is 2.33. The Hall–Kier alpha value is -1.13. The number of benzene rings is 2. The van der Waals surface area contributed by atoms with E-state index < -0.39 is 0 Å². The van der Waals surface area contributed by atoms with Crippen molar-refractivity contribution in [3.63, 3.8) is 0 Å². The highest BCUT2D eigenvalue weighted by Crippen LogP contribution is 2.53. The SMILES string of the molecule is COC(=O)c1cccc2c1[C@@H](Br)[C@@H](Br)c1ccccc1-2. The fraction of sp³-hybridized carbons (Fsp3) is 0.188. The minimum Gasteiger partial charge on any atom is -0.465 e. The molecule has 0 unspecified atom stereocenters. The number of hydrogen-bond donors (Lipinski definition) is 0. The van der Waals surface area contributed by atoms with Crippen LogP contribution in [0.4, 0.5) is 0 Å². The Morgan fingerprint density at radius 1 is 1.00 bits per heavy atom. The van der Waals surface area contributed by atoms with Crippen molar-refractivity contribution in [1.29, 1.82) is 0 Å². The van der Waals surface area contributed by atoms with Gasteiger partial charge in [-0.15, -0.1) is 0 Å². The number of hydrogen-bond acceptors (Lipinski definition) is 2. The van der Waals surface area contributed by atoms with Gasteiger partial charge in [0.15, 0.2) is 0 Å². The average molecular weight is 396 g/mol. The van der Waals surface area contributed by atoms with Gasteiger partial charge >= 0.3 is 5.97 Å². The van der Waals surface area contributed by atoms with Crippen LogP contribution in [0, 0.1) is 0 Å². The van der Waals surface area contributed by atoms with Crippen LogP contribution in [0.15, 0.2) is 42.5 Å². The highest BCUT2D eigenvalue weighted by atomic mass is 79.9. The third-order valence-electron chi connectivity index (χ3n) is 3.59. The molecule has 20 heavy (non-hydrogen) atoms. The lowest BCUT2D eigenvalue weighted by Crippen LogP contribution is -2.15. The van der Waals surface area contributed by atoms with Crippen molar-refractivity contribution in [2.45, 2.75) is 9.65 Å². The van der Waals surface area contributed by atoms with Crippen LogP contribution in [0.1, 0.15) is 31.1 Å². The molecule has 0 amide bonds. The fourth-order valence-corrected chi connectivity index (χ4v) is 4.11. The third kappa shape index (κ3) is 2.02. The van der Waals surface area contributed by atoms with E-state index in [0.717, 1.165) is 16.7 Å². The first-order valence-electron chi connectivity index (χ1n) is 6.23. The zero-order chi connectivity index (χ0) is 14.3. The molecule has 0 bridgehead atoms. The van der Waals surface area contributed by atoms with Crippen molar-refractivity contribution in [1.82, 2.24) is 0 Å². The zero-order valence-corrected chi connectivity index (χ0v) is 13.9. The van der Waals surface area contributed by atoms with Crippen LogP contribution in [0.3, 0.4) is 0 Å². The van der Waals surface area contributed by atoms with Gasteiger partial charge in [0.1, 0.15) is 0 Å². The molecule has 2 aromatic carbocycles. The molecule has 0 saturated carbocycles. The number of halogens is 2. The van der Waals surface area contributed by atoms with E-state index in [4.69, 9.17) is 4.74 Å². The second kappa shape index (κ2) is 5.34. The molecule has 3 rings (SSSR count). The second-order valence-corrected chi connectivity index (χ2v) is 6.62. The molecule has 1 aliphatic carbocycles. The smallest absolute Gasteiger partial charge is 0.338 e. The molecule has 2 nitrogen and oxygen atoms in total. The van der Waals surface area contributed by atoms with Gasteiger partial charge in [-0.05, 0) is 28.3 Å². The number of methoxy groups -OCH3 is 1. The van der Waals surface area contributed by atoms with Crippen molar-refractivity contribution >= 4 is 37.8 Å². The summed E-state index contributed by atoms with van der Waals surface area (Å²) in [6.45, 7) is 0. The topological polar surface area (TPSA) is 26.3 Å². The van der Waals surface area contributed by atoms with Gasteiger partial charge in [-0.3, -0.25) is 0 Å². The number of esters is 1. The van der Waals surface area contributed by atoms with E-state index in [1.165, 1.54) is 12.7 Å². The zero-order valence-electron chi connectivity index (χ0n) is 10.8. The molecule has 2 atom stereocenters. The molecule has 102 valence electrons. The summed E-state index contributed by atoms with van der Waals surface area (Å²) in [7, 11) is 1.41. The predicted octanol–water partition coefficient (Wildman–Crippen LogP) is 5.03. The third-order valence-corrected chi connectivity index (χ3v) is 6.31. The lowest BCUT2D eigenvalue weighted by molar-refractivity contribution is 0.0599. The van der Waals surface area contributed by atoms with Crippen LogP contribution in [0.5, 0.6) is 0 Å². The first-order chi connectivity index (χ1) is 9.65. The molecule has 0 aromatic heterocycles. The molecule has 0 saturated heterocycles. The van der Waals surface area contributed by atoms with Gasteiger partial charge in [0.2, 0.25) is 0 Å². The van der Waals surface area contributed by atoms with Crippen molar-refractivity contribution in [3.8, 4) is 11.1 Å². The van der Waals surface area contributed by atoms with E-state index in [0.29, 0.717) is 5.56 Å². The lowest BCUT2D eigenvalue weighted by atomic mass is 9.83. The summed E-state index contributed by atoms with van der Waals surface area (Å²) in [5.41, 5.74) is 5.07. The Morgan fingerprint density at radius 2 is 1.70 bits per heavy atom. The summed E-state index contributed by atoms with van der Waals surface area (Å²) < 4.78 is 4.90. The minimum absolute atomic E-state index is 0.0303. The Labute approximate surface area is 134 Å². The monoisotopic (exact) mass is 394 g/mol. The summed E-state index contributed by atoms with van der Waals surface area (Å²) in [6.07, 6.45) is 0. The van der Waals surface area contributed by atoms with Gasteiger partial charge in [-0.2, -0.15) is 0 Å². The van der Waals surface area contributed by atoms with Crippen molar-refractivity contribution in [2.75, 3.05) is 7.11 Å². The van der Waals surface area contributed by atoms with Crippen LogP contribution < -0.4 is 0 Å². The van der Waals surface area contributed by atoms with Crippen molar-refractivity contribution in [2.24, 2.45) is 0 Å². The Morgan fingerprint density at radius 3 is 2.45 bits per heavy atom. The number of alkyl halides is 2. The van der Waals surface area contributed by atoms with Crippen LogP contribution in [-0.2, 0) is 4.74 Å². The summed E-state index contributed by atoms with van der Waals surface area (Å²) >= 11 is 7.44. The van der Waals surface area contributed by atoms with Gasteiger partial charge in [0, 0.05) is 0 Å². The molecule has 0 radical (unpaired) electrons. The fourth-order valence-electron chi connectivity index (χ4n) is 2.67. The largest absolute Gasteiger partial charge is 0.465 e. The van der Waals surface area contributed by atoms with E-state index in [1.54, 1.807) is 0 Å². The molecule has 0 heterocycles. The van der Waals surface area contributed by atoms with Crippen molar-refractivity contribution in [3.05, 3.63) is 59.2 Å². The van der Waals surface area contributed by atoms with Gasteiger partial charge < -0.3 is 4.74 Å². The normalized spacial score (nSPS) is 19.9. The lowest BCUT2D eigenvalue weighted by Gasteiger charge is -2.30. The second-order valence-electron chi connectivity index (χ2n) is 4.65. The van der Waals surface area contributed by atoms with Crippen LogP contribution in [0.25, 0.3) is 11.1 Å². The van der Waals surface area contributed by atoms with E-state index in [2.05, 4.69) is 44.0 Å². The number of fused-ring (bicyclic) bond motifs is 3. The van der Waals surface area contributed by atoms with Gasteiger partial charge in [-0.1, -0.05) is 68.3 Å². The van der Waals surface area contributed by atoms with E-state index in [-0.39, 0.29) is 15.6 Å². The number of carbonyl (C=O) groups is 1. The Kier molecular flexibility index (Phi) is 3.69. The number of ether oxygens (including phenoxy) is 1. The van der Waals surface area contributed by atoms with Gasteiger partial charge in [0.05, 0.1) is 22.3 Å². The summed E-state index contributed by atoms with van der Waals surface area (Å²) in [4.78, 5) is 12.1. The molecule has 0 N–H and O–H groups in total. The molecular weight excluding hydrogens is 384 g/mol. The van der Waals surface area contributed by atoms with Crippen LogP contribution >= 0.6 is 31.9 Å². The maximum atomic E-state index is 12.0. The van der Waals surface area contributed by atoms with Gasteiger partial charge in [-0.25, -0.2) is 4.79 Å². The maximum absolute atomic E-state index is 12.0. The molecule has 0 fully saturated rings. The molecule has 2 aromatic rings. The maximum Gasteiger partial charge on any atom is 0.338 e. The quantitative estimate of drug-likeness (QED) is 0.500. The predicted molar refractivity (Wildman–Crippen MR) is 86.6 cm³/mol. The Bertz CT molecular complexity index is 682. The standard InChI is InChI=1S/C16H12Br2O2/c1-20-16(19)12-8-4-7-10-9-5-2-3-6-11(9)14(17)15(18)13(10)12/h2-8,14-15H,1H3/t14-,15+/m0/s1. The number of rotatable bonds is 1. The first kappa shape index (κ1) is 13.8. The summed E-state index contributed by atoms with van der Waals surface area (Å²) in [5.74, 6) is -0.301. The van der Waals surface area contributed by atoms with Crippen LogP contribution in [0.2, 0.25) is 0 Å². The molecule has 0 spiro atoms. The van der Waals surface area contributed by atoms with Crippen molar-refractivity contribution < 1.29 is 9.53 Å². The summed E-state index contributed by atoms with van der Waals surface area (Å²) in [6, 6.07) is 14.0. The highest BCUT2D eigenvalue weighted by molar-refractivity contribution is 9.12. The van der Waals surface area contributed by atoms with E-state index in [1.807, 2.05) is 30.3 Å². The molecule has 0 aliphatic heterocycles. The number of carbonyl (C=O) groups excluding carboxylic acids is 1. The first-order valence-corrected chi connectivity index (χ1v) is 8.07. The average Bonchev–Trinajstić information content (AvgIpc) is 2.51. The molecule has 4 heteroatoms. The van der Waals surface area contributed by atoms with Crippen LogP contribution in [-0.4, -0.2) is 13.1 Å². The van der Waals surface area contributed by atoms with Gasteiger partial charge in [0.25, 0.3) is 0 Å². The molecule has 1 aliphatic rings. The van der Waals surface area contributed by atoms with E-state index >= 15 is 0 Å². The molecular formula is C16H12Br2O2. The summed E-state index contributed by atoms with van der Waals surface area (Å²) in [5, 5.41) is 0.